The van der Waals surface area contributed by atoms with Gasteiger partial charge in [0.15, 0.2) is 11.6 Å². The predicted molar refractivity (Wildman–Crippen MR) is 85.1 cm³/mol. The first kappa shape index (κ1) is 15.2. The number of ketones is 2. The summed E-state index contributed by atoms with van der Waals surface area (Å²) in [7, 11) is 0. The normalized spacial score (nSPS) is 10.5. The number of aryl methyl sites for hydroxylation is 4. The summed E-state index contributed by atoms with van der Waals surface area (Å²) in [5.41, 5.74) is 5.39. The Morgan fingerprint density at radius 2 is 0.905 bits per heavy atom. The zero-order valence-corrected chi connectivity index (χ0v) is 13.0. The smallest absolute Gasteiger partial charge is 0.170 e. The van der Waals surface area contributed by atoms with E-state index in [1.165, 1.54) is 0 Å². The van der Waals surface area contributed by atoms with Crippen LogP contribution in [0.5, 0.6) is 0 Å². The van der Waals surface area contributed by atoms with Gasteiger partial charge in [0.1, 0.15) is 0 Å². The van der Waals surface area contributed by atoms with Crippen molar-refractivity contribution in [2.75, 3.05) is 0 Å². The van der Waals surface area contributed by atoms with Crippen LogP contribution in [-0.4, -0.2) is 11.6 Å². The molecule has 0 spiro atoms. The van der Waals surface area contributed by atoms with Gasteiger partial charge in [0, 0.05) is 11.1 Å². The maximum absolute atomic E-state index is 12.3. The van der Waals surface area contributed by atoms with Crippen molar-refractivity contribution < 1.29 is 9.59 Å². The van der Waals surface area contributed by atoms with Gasteiger partial charge in [-0.05, 0) is 52.0 Å². The van der Waals surface area contributed by atoms with Crippen molar-refractivity contribution in [2.24, 2.45) is 0 Å². The molecule has 0 radical (unpaired) electrons. The molecule has 2 aromatic carbocycles. The molecule has 0 heterocycles. The Hall–Kier alpha value is -2.22. The van der Waals surface area contributed by atoms with E-state index in [1.807, 2.05) is 64.1 Å². The molecule has 0 aromatic heterocycles. The van der Waals surface area contributed by atoms with Gasteiger partial charge in [-0.3, -0.25) is 9.59 Å². The molecule has 0 aliphatic heterocycles. The summed E-state index contributed by atoms with van der Waals surface area (Å²) in [6, 6.07) is 11.4. The average molecular weight is 280 g/mol. The van der Waals surface area contributed by atoms with Crippen molar-refractivity contribution in [1.82, 2.24) is 0 Å². The van der Waals surface area contributed by atoms with Gasteiger partial charge in [-0.2, -0.15) is 0 Å². The van der Waals surface area contributed by atoms with Crippen LogP contribution in [0.1, 0.15) is 49.4 Å². The van der Waals surface area contributed by atoms with Crippen molar-refractivity contribution >= 4 is 11.6 Å². The Morgan fingerprint density at radius 3 is 1.19 bits per heavy atom. The summed E-state index contributed by atoms with van der Waals surface area (Å²) in [6.45, 7) is 7.82. The van der Waals surface area contributed by atoms with E-state index < -0.39 is 0 Å². The van der Waals surface area contributed by atoms with Crippen LogP contribution in [0, 0.1) is 27.7 Å². The summed E-state index contributed by atoms with van der Waals surface area (Å²) in [6.07, 6.45) is -0.0776. The van der Waals surface area contributed by atoms with Gasteiger partial charge >= 0.3 is 0 Å². The highest BCUT2D eigenvalue weighted by Gasteiger charge is 2.14. The zero-order chi connectivity index (χ0) is 15.6. The first-order valence-electron chi connectivity index (χ1n) is 7.08. The van der Waals surface area contributed by atoms with Crippen LogP contribution in [0.4, 0.5) is 0 Å². The number of rotatable bonds is 4. The van der Waals surface area contributed by atoms with E-state index in [2.05, 4.69) is 0 Å². The van der Waals surface area contributed by atoms with Crippen LogP contribution in [0.3, 0.4) is 0 Å². The molecule has 21 heavy (non-hydrogen) atoms. The standard InChI is InChI=1S/C19H20O2/c1-12-5-13(2)8-16(7-12)18(20)11-19(21)17-9-14(3)6-15(4)10-17/h5-10H,11H2,1-4H3. The van der Waals surface area contributed by atoms with Crippen LogP contribution in [0.25, 0.3) is 0 Å². The summed E-state index contributed by atoms with van der Waals surface area (Å²) in [5, 5.41) is 0. The number of carbonyl (C=O) groups is 2. The van der Waals surface area contributed by atoms with E-state index in [9.17, 15) is 9.59 Å². The Morgan fingerprint density at radius 1 is 0.619 bits per heavy atom. The molecule has 2 nitrogen and oxygen atoms in total. The minimum Gasteiger partial charge on any atom is -0.294 e. The second kappa shape index (κ2) is 6.04. The summed E-state index contributed by atoms with van der Waals surface area (Å²) < 4.78 is 0. The van der Waals surface area contributed by atoms with E-state index in [1.54, 1.807) is 0 Å². The monoisotopic (exact) mass is 280 g/mol. The minimum absolute atomic E-state index is 0.0776. The summed E-state index contributed by atoms with van der Waals surface area (Å²) >= 11 is 0. The number of benzene rings is 2. The minimum atomic E-state index is -0.119. The van der Waals surface area contributed by atoms with Crippen molar-refractivity contribution in [3.8, 4) is 0 Å². The molecule has 0 N–H and O–H groups in total. The SMILES string of the molecule is Cc1cc(C)cc(C(=O)CC(=O)c2cc(C)cc(C)c2)c1. The molecule has 0 atom stereocenters. The fourth-order valence-electron chi connectivity index (χ4n) is 2.62. The fraction of sp³-hybridized carbons (Fsp3) is 0.263. The quantitative estimate of drug-likeness (QED) is 0.615. The van der Waals surface area contributed by atoms with Crippen LogP contribution >= 0.6 is 0 Å². The molecule has 108 valence electrons. The third-order valence-corrected chi connectivity index (χ3v) is 3.41. The highest BCUT2D eigenvalue weighted by atomic mass is 16.1. The molecule has 0 saturated heterocycles. The lowest BCUT2D eigenvalue weighted by atomic mass is 9.97. The molecular weight excluding hydrogens is 260 g/mol. The topological polar surface area (TPSA) is 34.1 Å². The van der Waals surface area contributed by atoms with Gasteiger partial charge < -0.3 is 0 Å². The zero-order valence-electron chi connectivity index (χ0n) is 13.0. The fourth-order valence-corrected chi connectivity index (χ4v) is 2.62. The van der Waals surface area contributed by atoms with Crippen molar-refractivity contribution in [3.05, 3.63) is 69.8 Å². The molecule has 0 aliphatic carbocycles. The lowest BCUT2D eigenvalue weighted by Crippen LogP contribution is -2.09. The molecule has 0 unspecified atom stereocenters. The summed E-state index contributed by atoms with van der Waals surface area (Å²) in [5.74, 6) is -0.239. The van der Waals surface area contributed by atoms with Crippen molar-refractivity contribution in [3.63, 3.8) is 0 Å². The van der Waals surface area contributed by atoms with E-state index in [4.69, 9.17) is 0 Å². The third-order valence-electron chi connectivity index (χ3n) is 3.41. The first-order valence-corrected chi connectivity index (χ1v) is 7.08. The second-order valence-electron chi connectivity index (χ2n) is 5.78. The van der Waals surface area contributed by atoms with Gasteiger partial charge in [-0.15, -0.1) is 0 Å². The largest absolute Gasteiger partial charge is 0.294 e. The Kier molecular flexibility index (Phi) is 4.37. The Bertz CT molecular complexity index is 610. The maximum atomic E-state index is 12.3. The van der Waals surface area contributed by atoms with Crippen LogP contribution in [0.15, 0.2) is 36.4 Å². The maximum Gasteiger partial charge on any atom is 0.170 e. The van der Waals surface area contributed by atoms with E-state index in [0.29, 0.717) is 11.1 Å². The molecular formula is C19H20O2. The van der Waals surface area contributed by atoms with Crippen LogP contribution in [-0.2, 0) is 0 Å². The first-order chi connectivity index (χ1) is 9.85. The Balaban J connectivity index is 2.20. The molecule has 2 aromatic rings. The van der Waals surface area contributed by atoms with Gasteiger partial charge in [0.05, 0.1) is 6.42 Å². The lowest BCUT2D eigenvalue weighted by molar-refractivity contribution is 0.0894. The highest BCUT2D eigenvalue weighted by molar-refractivity contribution is 6.13. The van der Waals surface area contributed by atoms with E-state index in [0.717, 1.165) is 22.3 Å². The van der Waals surface area contributed by atoms with Gasteiger partial charge in [0.2, 0.25) is 0 Å². The van der Waals surface area contributed by atoms with Crippen molar-refractivity contribution in [1.29, 1.82) is 0 Å². The molecule has 0 aliphatic rings. The third kappa shape index (κ3) is 3.88. The Labute approximate surface area is 125 Å². The molecule has 2 heteroatoms. The second-order valence-corrected chi connectivity index (χ2v) is 5.78. The number of carbonyl (C=O) groups excluding carboxylic acids is 2. The average Bonchev–Trinajstić information content (AvgIpc) is 2.36. The van der Waals surface area contributed by atoms with Gasteiger partial charge in [0.25, 0.3) is 0 Å². The number of Topliss-reactive ketones (excluding diaryl/α,β-unsaturated/α-hetero) is 2. The molecule has 2 rings (SSSR count). The van der Waals surface area contributed by atoms with Crippen LogP contribution < -0.4 is 0 Å². The number of hydrogen-bond acceptors (Lipinski definition) is 2. The number of hydrogen-bond donors (Lipinski definition) is 0. The molecule has 0 fully saturated rings. The molecule has 0 bridgehead atoms. The van der Waals surface area contributed by atoms with Gasteiger partial charge in [-0.25, -0.2) is 0 Å². The van der Waals surface area contributed by atoms with Crippen molar-refractivity contribution in [2.45, 2.75) is 34.1 Å². The van der Waals surface area contributed by atoms with Gasteiger partial charge in [-0.1, -0.05) is 34.4 Å². The van der Waals surface area contributed by atoms with E-state index in [-0.39, 0.29) is 18.0 Å². The lowest BCUT2D eigenvalue weighted by Gasteiger charge is -2.06. The predicted octanol–water partition coefficient (Wildman–Crippen LogP) is 4.38. The molecule has 0 saturated carbocycles. The highest BCUT2D eigenvalue weighted by Crippen LogP contribution is 2.15. The molecule has 0 amide bonds. The van der Waals surface area contributed by atoms with Crippen LogP contribution in [0.2, 0.25) is 0 Å². The van der Waals surface area contributed by atoms with E-state index >= 15 is 0 Å². The summed E-state index contributed by atoms with van der Waals surface area (Å²) in [4.78, 5) is 24.6.